The molecule has 0 heterocycles. The number of ether oxygens (including phenoxy) is 3. The van der Waals surface area contributed by atoms with E-state index in [4.69, 9.17) is 19.5 Å². The Hall–Kier alpha value is -3.20. The standard InChI is InChI=1S/C22H26N2O4/c1-16(2)18-5-7-19(8-6-18)27-12-13-28-20-9-4-17(14-21(20)26-3)15-24-22(25)10-11-23/h4-9,14,16H,10,12-13,15H2,1-3H3,(H,24,25). The molecule has 148 valence electrons. The molecule has 0 radical (unpaired) electrons. The lowest BCUT2D eigenvalue weighted by molar-refractivity contribution is -0.120. The van der Waals surface area contributed by atoms with Crippen LogP contribution in [-0.4, -0.2) is 26.2 Å². The zero-order valence-electron chi connectivity index (χ0n) is 16.5. The highest BCUT2D eigenvalue weighted by Crippen LogP contribution is 2.28. The monoisotopic (exact) mass is 382 g/mol. The summed E-state index contributed by atoms with van der Waals surface area (Å²) in [7, 11) is 1.56. The molecule has 28 heavy (non-hydrogen) atoms. The molecule has 0 aliphatic carbocycles. The summed E-state index contributed by atoms with van der Waals surface area (Å²) in [4.78, 5) is 11.4. The summed E-state index contributed by atoms with van der Waals surface area (Å²) >= 11 is 0. The molecule has 2 aromatic rings. The summed E-state index contributed by atoms with van der Waals surface area (Å²) in [6.45, 7) is 5.43. The van der Waals surface area contributed by atoms with E-state index in [9.17, 15) is 4.79 Å². The lowest BCUT2D eigenvalue weighted by atomic mass is 10.0. The predicted molar refractivity (Wildman–Crippen MR) is 107 cm³/mol. The Labute approximate surface area is 166 Å². The number of methoxy groups -OCH3 is 1. The minimum absolute atomic E-state index is 0.154. The van der Waals surface area contributed by atoms with Crippen LogP contribution in [0.5, 0.6) is 17.2 Å². The molecule has 0 atom stereocenters. The van der Waals surface area contributed by atoms with Crippen LogP contribution in [-0.2, 0) is 11.3 Å². The average molecular weight is 382 g/mol. The van der Waals surface area contributed by atoms with E-state index >= 15 is 0 Å². The van der Waals surface area contributed by atoms with Crippen molar-refractivity contribution in [1.82, 2.24) is 5.32 Å². The second-order valence-corrected chi connectivity index (χ2v) is 6.52. The molecule has 0 spiro atoms. The molecule has 6 nitrogen and oxygen atoms in total. The molecule has 0 aliphatic rings. The highest BCUT2D eigenvalue weighted by Gasteiger charge is 2.07. The first-order chi connectivity index (χ1) is 13.5. The van der Waals surface area contributed by atoms with Crippen LogP contribution in [0, 0.1) is 11.3 Å². The number of carbonyl (C=O) groups excluding carboxylic acids is 1. The van der Waals surface area contributed by atoms with Crippen LogP contribution < -0.4 is 19.5 Å². The summed E-state index contributed by atoms with van der Waals surface area (Å²) in [6.07, 6.45) is -0.154. The summed E-state index contributed by atoms with van der Waals surface area (Å²) in [5.74, 6) is 2.18. The lowest BCUT2D eigenvalue weighted by Crippen LogP contribution is -2.21. The van der Waals surface area contributed by atoms with Gasteiger partial charge in [0.15, 0.2) is 11.5 Å². The van der Waals surface area contributed by atoms with Gasteiger partial charge in [0.1, 0.15) is 25.4 Å². The number of benzene rings is 2. The van der Waals surface area contributed by atoms with E-state index in [-0.39, 0.29) is 12.3 Å². The molecule has 2 rings (SSSR count). The molecule has 0 unspecified atom stereocenters. The Bertz CT molecular complexity index is 810. The summed E-state index contributed by atoms with van der Waals surface area (Å²) in [5.41, 5.74) is 2.13. The zero-order chi connectivity index (χ0) is 20.4. The van der Waals surface area contributed by atoms with Gasteiger partial charge in [0.2, 0.25) is 5.91 Å². The van der Waals surface area contributed by atoms with Crippen LogP contribution in [0.25, 0.3) is 0 Å². The number of nitrogens with zero attached hydrogens (tertiary/aromatic N) is 1. The van der Waals surface area contributed by atoms with E-state index in [0.29, 0.717) is 37.2 Å². The molecule has 0 saturated heterocycles. The van der Waals surface area contributed by atoms with Crippen molar-refractivity contribution < 1.29 is 19.0 Å². The van der Waals surface area contributed by atoms with Crippen molar-refractivity contribution in [3.63, 3.8) is 0 Å². The third-order valence-electron chi connectivity index (χ3n) is 4.11. The van der Waals surface area contributed by atoms with Crippen molar-refractivity contribution in [2.75, 3.05) is 20.3 Å². The summed E-state index contributed by atoms with van der Waals surface area (Å²) < 4.78 is 16.8. The maximum absolute atomic E-state index is 11.4. The van der Waals surface area contributed by atoms with Crippen molar-refractivity contribution in [3.05, 3.63) is 53.6 Å². The molecule has 0 fully saturated rings. The lowest BCUT2D eigenvalue weighted by Gasteiger charge is -2.13. The van der Waals surface area contributed by atoms with E-state index in [0.717, 1.165) is 11.3 Å². The molecule has 2 aromatic carbocycles. The van der Waals surface area contributed by atoms with Gasteiger partial charge in [0.05, 0.1) is 13.2 Å². The maximum atomic E-state index is 11.4. The maximum Gasteiger partial charge on any atom is 0.234 e. The molecular formula is C22H26N2O4. The van der Waals surface area contributed by atoms with E-state index in [1.54, 1.807) is 19.2 Å². The van der Waals surface area contributed by atoms with Gasteiger partial charge >= 0.3 is 0 Å². The van der Waals surface area contributed by atoms with Crippen molar-refractivity contribution in [2.45, 2.75) is 32.7 Å². The summed E-state index contributed by atoms with van der Waals surface area (Å²) in [5, 5.41) is 11.2. The van der Waals surface area contributed by atoms with Crippen LogP contribution in [0.3, 0.4) is 0 Å². The first-order valence-corrected chi connectivity index (χ1v) is 9.19. The zero-order valence-corrected chi connectivity index (χ0v) is 16.5. The first-order valence-electron chi connectivity index (χ1n) is 9.19. The number of rotatable bonds is 10. The van der Waals surface area contributed by atoms with Crippen molar-refractivity contribution >= 4 is 5.91 Å². The first kappa shape index (κ1) is 21.1. The van der Waals surface area contributed by atoms with Gasteiger partial charge < -0.3 is 19.5 Å². The third kappa shape index (κ3) is 6.51. The van der Waals surface area contributed by atoms with Gasteiger partial charge in [-0.3, -0.25) is 4.79 Å². The van der Waals surface area contributed by atoms with Gasteiger partial charge in [0.25, 0.3) is 0 Å². The molecule has 0 aliphatic heterocycles. The second kappa shape index (κ2) is 10.8. The Morgan fingerprint density at radius 2 is 1.79 bits per heavy atom. The van der Waals surface area contributed by atoms with Crippen LogP contribution in [0.4, 0.5) is 0 Å². The fraction of sp³-hybridized carbons (Fsp3) is 0.364. The van der Waals surface area contributed by atoms with Gasteiger partial charge in [-0.15, -0.1) is 0 Å². The Morgan fingerprint density at radius 3 is 2.43 bits per heavy atom. The number of hydrogen-bond acceptors (Lipinski definition) is 5. The van der Waals surface area contributed by atoms with Gasteiger partial charge in [-0.1, -0.05) is 32.0 Å². The molecule has 1 N–H and O–H groups in total. The normalized spacial score (nSPS) is 10.2. The second-order valence-electron chi connectivity index (χ2n) is 6.52. The van der Waals surface area contributed by atoms with Crippen LogP contribution >= 0.6 is 0 Å². The molecule has 1 amide bonds. The van der Waals surface area contributed by atoms with Gasteiger partial charge in [-0.2, -0.15) is 5.26 Å². The fourth-order valence-electron chi connectivity index (χ4n) is 2.54. The van der Waals surface area contributed by atoms with Crippen molar-refractivity contribution in [3.8, 4) is 23.3 Å². The SMILES string of the molecule is COc1cc(CNC(=O)CC#N)ccc1OCCOc1ccc(C(C)C)cc1. The highest BCUT2D eigenvalue weighted by molar-refractivity contribution is 5.77. The van der Waals surface area contributed by atoms with Gasteiger partial charge in [-0.05, 0) is 41.3 Å². The number of nitrogens with one attached hydrogen (secondary N) is 1. The summed E-state index contributed by atoms with van der Waals surface area (Å²) in [6, 6.07) is 15.3. The van der Waals surface area contributed by atoms with Crippen molar-refractivity contribution in [1.29, 1.82) is 5.26 Å². The van der Waals surface area contributed by atoms with Gasteiger partial charge in [0, 0.05) is 6.54 Å². The van der Waals surface area contributed by atoms with E-state index in [2.05, 4.69) is 31.3 Å². The van der Waals surface area contributed by atoms with E-state index in [1.807, 2.05) is 24.3 Å². The Kier molecular flexibility index (Phi) is 8.16. The molecule has 0 saturated carbocycles. The predicted octanol–water partition coefficient (Wildman–Crippen LogP) is 3.81. The molecule has 0 aromatic heterocycles. The number of nitriles is 1. The molecule has 0 bridgehead atoms. The number of hydrogen-bond donors (Lipinski definition) is 1. The third-order valence-corrected chi connectivity index (χ3v) is 4.11. The van der Waals surface area contributed by atoms with Gasteiger partial charge in [-0.25, -0.2) is 0 Å². The van der Waals surface area contributed by atoms with Crippen LogP contribution in [0.2, 0.25) is 0 Å². The largest absolute Gasteiger partial charge is 0.493 e. The quantitative estimate of drug-likeness (QED) is 0.632. The van der Waals surface area contributed by atoms with Crippen molar-refractivity contribution in [2.24, 2.45) is 0 Å². The topological polar surface area (TPSA) is 80.6 Å². The smallest absolute Gasteiger partial charge is 0.234 e. The Morgan fingerprint density at radius 1 is 1.07 bits per heavy atom. The molecular weight excluding hydrogens is 356 g/mol. The number of carbonyl (C=O) groups is 1. The minimum atomic E-state index is -0.305. The van der Waals surface area contributed by atoms with Crippen LogP contribution in [0.15, 0.2) is 42.5 Å². The van der Waals surface area contributed by atoms with E-state index < -0.39 is 0 Å². The molecule has 6 heteroatoms. The minimum Gasteiger partial charge on any atom is -0.493 e. The average Bonchev–Trinajstić information content (AvgIpc) is 2.70. The fourth-order valence-corrected chi connectivity index (χ4v) is 2.54. The highest BCUT2D eigenvalue weighted by atomic mass is 16.5. The Balaban J connectivity index is 1.83. The van der Waals surface area contributed by atoms with Crippen LogP contribution in [0.1, 0.15) is 37.3 Å². The number of amides is 1. The van der Waals surface area contributed by atoms with E-state index in [1.165, 1.54) is 5.56 Å².